The Morgan fingerprint density at radius 2 is 2.00 bits per heavy atom. The van der Waals surface area contributed by atoms with E-state index in [1.165, 1.54) is 0 Å². The number of nitrogens with one attached hydrogen (secondary N) is 1. The molecule has 0 fully saturated rings. The lowest BCUT2D eigenvalue weighted by Crippen LogP contribution is -2.36. The van der Waals surface area contributed by atoms with Crippen LogP contribution in [-0.2, 0) is 0 Å². The van der Waals surface area contributed by atoms with Crippen molar-refractivity contribution in [3.63, 3.8) is 0 Å². The molecule has 0 aliphatic rings. The van der Waals surface area contributed by atoms with E-state index in [-0.39, 0.29) is 18.6 Å². The number of hydrogen-bond acceptors (Lipinski definition) is 3. The molecule has 2 rings (SSSR count). The highest BCUT2D eigenvalue weighted by atomic mass is 16.3. The Hall–Kier alpha value is -2.46. The van der Waals surface area contributed by atoms with Crippen LogP contribution < -0.4 is 5.32 Å². The lowest BCUT2D eigenvalue weighted by Gasteiger charge is -2.13. The van der Waals surface area contributed by atoms with E-state index in [4.69, 9.17) is 5.11 Å². The summed E-state index contributed by atoms with van der Waals surface area (Å²) in [5.74, 6) is -0.216. The summed E-state index contributed by atoms with van der Waals surface area (Å²) in [6.07, 6.45) is 6.11. The van der Waals surface area contributed by atoms with E-state index in [0.29, 0.717) is 12.0 Å². The van der Waals surface area contributed by atoms with Gasteiger partial charge in [0.1, 0.15) is 0 Å². The zero-order chi connectivity index (χ0) is 15.8. The maximum atomic E-state index is 12.0. The van der Waals surface area contributed by atoms with E-state index in [1.54, 1.807) is 18.3 Å². The molecule has 1 atom stereocenters. The van der Waals surface area contributed by atoms with Crippen molar-refractivity contribution in [2.45, 2.75) is 19.4 Å². The molecule has 0 spiro atoms. The van der Waals surface area contributed by atoms with E-state index in [1.807, 2.05) is 49.4 Å². The van der Waals surface area contributed by atoms with Crippen LogP contribution >= 0.6 is 0 Å². The molecule has 0 radical (unpaired) electrons. The molecule has 2 N–H and O–H groups in total. The molecule has 0 saturated carbocycles. The fourth-order valence-electron chi connectivity index (χ4n) is 1.93. The van der Waals surface area contributed by atoms with Gasteiger partial charge in [0, 0.05) is 6.20 Å². The summed E-state index contributed by atoms with van der Waals surface area (Å²) in [4.78, 5) is 16.2. The monoisotopic (exact) mass is 296 g/mol. The molecule has 4 heteroatoms. The van der Waals surface area contributed by atoms with Gasteiger partial charge in [-0.2, -0.15) is 0 Å². The number of amides is 1. The second kappa shape index (κ2) is 8.10. The zero-order valence-corrected chi connectivity index (χ0v) is 12.6. The average molecular weight is 296 g/mol. The number of carbonyl (C=O) groups is 1. The highest BCUT2D eigenvalue weighted by Gasteiger charge is 2.11. The molecule has 1 heterocycles. The zero-order valence-electron chi connectivity index (χ0n) is 12.6. The van der Waals surface area contributed by atoms with Gasteiger partial charge < -0.3 is 10.4 Å². The van der Waals surface area contributed by atoms with Crippen LogP contribution in [0.4, 0.5) is 0 Å². The first kappa shape index (κ1) is 15.9. The van der Waals surface area contributed by atoms with Crippen molar-refractivity contribution in [2.75, 3.05) is 6.61 Å². The molecule has 2 aromatic rings. The number of benzene rings is 1. The predicted octanol–water partition coefficient (Wildman–Crippen LogP) is 2.75. The van der Waals surface area contributed by atoms with Gasteiger partial charge in [0.2, 0.25) is 0 Å². The summed E-state index contributed by atoms with van der Waals surface area (Å²) in [6, 6.07) is 13.3. The lowest BCUT2D eigenvalue weighted by molar-refractivity contribution is 0.0914. The van der Waals surface area contributed by atoms with Crippen molar-refractivity contribution < 1.29 is 9.90 Å². The number of aromatic nitrogens is 1. The van der Waals surface area contributed by atoms with Crippen molar-refractivity contribution in [2.24, 2.45) is 0 Å². The van der Waals surface area contributed by atoms with Crippen LogP contribution in [0.15, 0.2) is 48.7 Å². The largest absolute Gasteiger partial charge is 0.394 e. The van der Waals surface area contributed by atoms with Crippen molar-refractivity contribution in [1.29, 1.82) is 0 Å². The van der Waals surface area contributed by atoms with Crippen LogP contribution in [0.3, 0.4) is 0 Å². The standard InChI is InChI=1S/C18H20N2O2/c1-2-16(13-21)20-18(22)15-9-11-17(19-12-15)10-8-14-6-4-3-5-7-14/h3-12,16,21H,2,13H2,1H3,(H,20,22)/b10-8-. The van der Waals surface area contributed by atoms with Crippen molar-refractivity contribution in [3.05, 3.63) is 65.5 Å². The van der Waals surface area contributed by atoms with Gasteiger partial charge in [-0.25, -0.2) is 0 Å². The second-order valence-corrected chi connectivity index (χ2v) is 4.98. The Morgan fingerprint density at radius 1 is 1.23 bits per heavy atom. The van der Waals surface area contributed by atoms with E-state index < -0.39 is 0 Å². The minimum Gasteiger partial charge on any atom is -0.394 e. The van der Waals surface area contributed by atoms with Gasteiger partial charge in [-0.1, -0.05) is 43.3 Å². The Labute approximate surface area is 130 Å². The molecule has 1 aromatic carbocycles. The number of aliphatic hydroxyl groups excluding tert-OH is 1. The van der Waals surface area contributed by atoms with Gasteiger partial charge >= 0.3 is 0 Å². The maximum Gasteiger partial charge on any atom is 0.253 e. The summed E-state index contributed by atoms with van der Waals surface area (Å²) in [6.45, 7) is 1.85. The second-order valence-electron chi connectivity index (χ2n) is 4.98. The fraction of sp³-hybridized carbons (Fsp3) is 0.222. The Bertz CT molecular complexity index is 617. The molecule has 22 heavy (non-hydrogen) atoms. The molecule has 1 amide bonds. The maximum absolute atomic E-state index is 12.0. The molecule has 0 bridgehead atoms. The van der Waals surface area contributed by atoms with Crippen LogP contribution in [0.1, 0.15) is 35.0 Å². The van der Waals surface area contributed by atoms with Crippen molar-refractivity contribution >= 4 is 18.1 Å². The van der Waals surface area contributed by atoms with Gasteiger partial charge in [0.05, 0.1) is 23.9 Å². The Kier molecular flexibility index (Phi) is 5.86. The SMILES string of the molecule is CCC(CO)NC(=O)c1ccc(/C=C\c2ccccc2)nc1. The van der Waals surface area contributed by atoms with E-state index in [0.717, 1.165) is 11.3 Å². The van der Waals surface area contributed by atoms with Crippen LogP contribution in [-0.4, -0.2) is 28.6 Å². The van der Waals surface area contributed by atoms with Crippen LogP contribution in [0, 0.1) is 0 Å². The quantitative estimate of drug-likeness (QED) is 0.861. The normalized spacial score (nSPS) is 12.3. The third-order valence-electron chi connectivity index (χ3n) is 3.34. The first-order chi connectivity index (χ1) is 10.7. The van der Waals surface area contributed by atoms with Gasteiger partial charge in [-0.3, -0.25) is 9.78 Å². The molecule has 114 valence electrons. The molecular weight excluding hydrogens is 276 g/mol. The van der Waals surface area contributed by atoms with E-state index in [9.17, 15) is 4.79 Å². The molecule has 0 aliphatic carbocycles. The minimum atomic E-state index is -0.217. The van der Waals surface area contributed by atoms with E-state index >= 15 is 0 Å². The number of hydrogen-bond donors (Lipinski definition) is 2. The summed E-state index contributed by atoms with van der Waals surface area (Å²) in [5, 5.41) is 11.9. The summed E-state index contributed by atoms with van der Waals surface area (Å²) < 4.78 is 0. The molecule has 0 aliphatic heterocycles. The first-order valence-electron chi connectivity index (χ1n) is 7.34. The minimum absolute atomic E-state index is 0.0619. The van der Waals surface area contributed by atoms with E-state index in [2.05, 4.69) is 10.3 Å². The third-order valence-corrected chi connectivity index (χ3v) is 3.34. The molecular formula is C18H20N2O2. The molecule has 0 saturated heterocycles. The number of rotatable bonds is 6. The summed E-state index contributed by atoms with van der Waals surface area (Å²) in [7, 11) is 0. The summed E-state index contributed by atoms with van der Waals surface area (Å²) in [5.41, 5.74) is 2.37. The number of carbonyl (C=O) groups excluding carboxylic acids is 1. The number of aliphatic hydroxyl groups is 1. The van der Waals surface area contributed by atoms with Crippen molar-refractivity contribution in [3.8, 4) is 0 Å². The number of nitrogens with zero attached hydrogens (tertiary/aromatic N) is 1. The van der Waals surface area contributed by atoms with Crippen LogP contribution in [0.25, 0.3) is 12.2 Å². The lowest BCUT2D eigenvalue weighted by atomic mass is 10.1. The fourth-order valence-corrected chi connectivity index (χ4v) is 1.93. The van der Waals surface area contributed by atoms with Crippen LogP contribution in [0.2, 0.25) is 0 Å². The van der Waals surface area contributed by atoms with Gasteiger partial charge in [0.15, 0.2) is 0 Å². The predicted molar refractivity (Wildman–Crippen MR) is 88.2 cm³/mol. The van der Waals surface area contributed by atoms with Crippen molar-refractivity contribution in [1.82, 2.24) is 10.3 Å². The highest BCUT2D eigenvalue weighted by molar-refractivity contribution is 5.94. The number of pyridine rings is 1. The smallest absolute Gasteiger partial charge is 0.253 e. The third kappa shape index (κ3) is 4.53. The topological polar surface area (TPSA) is 62.2 Å². The molecule has 1 aromatic heterocycles. The Morgan fingerprint density at radius 3 is 2.59 bits per heavy atom. The highest BCUT2D eigenvalue weighted by Crippen LogP contribution is 2.07. The summed E-state index contributed by atoms with van der Waals surface area (Å²) >= 11 is 0. The van der Waals surface area contributed by atoms with Crippen LogP contribution in [0.5, 0.6) is 0 Å². The first-order valence-corrected chi connectivity index (χ1v) is 7.34. The average Bonchev–Trinajstić information content (AvgIpc) is 2.59. The molecule has 1 unspecified atom stereocenters. The van der Waals surface area contributed by atoms with Gasteiger partial charge in [-0.15, -0.1) is 0 Å². The Balaban J connectivity index is 2.01. The van der Waals surface area contributed by atoms with Gasteiger partial charge in [0.25, 0.3) is 5.91 Å². The molecule has 4 nitrogen and oxygen atoms in total. The van der Waals surface area contributed by atoms with Gasteiger partial charge in [-0.05, 0) is 30.2 Å².